The van der Waals surface area contributed by atoms with Gasteiger partial charge in [-0.1, -0.05) is 152 Å². The lowest BCUT2D eigenvalue weighted by Crippen LogP contribution is -2.74. The van der Waals surface area contributed by atoms with Crippen molar-refractivity contribution in [3.8, 4) is 17.1 Å². The van der Waals surface area contributed by atoms with Gasteiger partial charge in [0.2, 0.25) is 5.78 Å². The Bertz CT molecular complexity index is 3820. The maximum Gasteiger partial charge on any atom is 0.222 e. The molecule has 13 aromatic rings. The van der Waals surface area contributed by atoms with Crippen molar-refractivity contribution in [2.24, 2.45) is 0 Å². The molecular weight excluding hydrogens is 785 g/mol. The maximum atomic E-state index is 5.15. The fourth-order valence-electron chi connectivity index (χ4n) is 10.4. The van der Waals surface area contributed by atoms with Crippen molar-refractivity contribution in [3.05, 3.63) is 231 Å². The molecule has 0 saturated carbocycles. The SMILES string of the molecule is c1ccc(-n2c3ccccc3c3c4ccccc4n(-c4cccc([Si](c5ccccc5)(c5ccccc5)c5cccc(-n6c7ccccc7n7c8cccnc8nc67)c5)c4)c32)cc1. The Morgan fingerprint density at radius 3 is 1.43 bits per heavy atom. The zero-order valence-corrected chi connectivity index (χ0v) is 35.1. The second-order valence-electron chi connectivity index (χ2n) is 16.2. The standard InChI is InChI=1S/C56H38N6Si/c1-4-19-39(20-5-1)59-48-31-12-10-29-46(48)53-47-30-11-13-32-49(47)60(55(53)59)40-21-16-27-44(37-40)63(42-23-6-2-7-24-42,43-25-8-3-9-26-43)45-28-17-22-41(38-45)61-50-33-14-15-34-51(50)62-52-35-18-36-57-54(52)58-56(61)62/h1-38H. The Morgan fingerprint density at radius 1 is 0.349 bits per heavy atom. The van der Waals surface area contributed by atoms with Gasteiger partial charge in [-0.05, 0) is 93.5 Å². The highest BCUT2D eigenvalue weighted by molar-refractivity contribution is 7.20. The molecule has 6 nitrogen and oxygen atoms in total. The van der Waals surface area contributed by atoms with Gasteiger partial charge in [0.25, 0.3) is 0 Å². The van der Waals surface area contributed by atoms with Gasteiger partial charge >= 0.3 is 0 Å². The third-order valence-corrected chi connectivity index (χ3v) is 17.7. The van der Waals surface area contributed by atoms with Crippen LogP contribution in [0.3, 0.4) is 0 Å². The molecule has 5 heterocycles. The summed E-state index contributed by atoms with van der Waals surface area (Å²) < 4.78 is 9.48. The number of nitrogens with zero attached hydrogens (tertiary/aromatic N) is 6. The molecule has 0 bridgehead atoms. The Labute approximate surface area is 363 Å². The number of pyridine rings is 1. The quantitative estimate of drug-likeness (QED) is 0.119. The molecule has 0 unspecified atom stereocenters. The van der Waals surface area contributed by atoms with Gasteiger partial charge in [0.05, 0.1) is 27.6 Å². The van der Waals surface area contributed by atoms with Gasteiger partial charge < -0.3 is 0 Å². The van der Waals surface area contributed by atoms with Crippen LogP contribution in [-0.4, -0.2) is 36.1 Å². The van der Waals surface area contributed by atoms with E-state index in [4.69, 9.17) is 4.98 Å². The molecule has 8 aromatic carbocycles. The van der Waals surface area contributed by atoms with Crippen LogP contribution in [0.15, 0.2) is 231 Å². The van der Waals surface area contributed by atoms with Gasteiger partial charge in [-0.2, -0.15) is 4.98 Å². The first-order valence-electron chi connectivity index (χ1n) is 21.4. The number of benzene rings is 8. The van der Waals surface area contributed by atoms with Crippen LogP contribution in [0.5, 0.6) is 0 Å². The summed E-state index contributed by atoms with van der Waals surface area (Å²) in [6.07, 6.45) is 1.82. The Kier molecular flexibility index (Phi) is 7.82. The lowest BCUT2D eigenvalue weighted by molar-refractivity contribution is 1.07. The highest BCUT2D eigenvalue weighted by Crippen LogP contribution is 2.40. The largest absolute Gasteiger partial charge is 0.295 e. The fraction of sp³-hybridized carbons (Fsp3) is 0. The first-order valence-corrected chi connectivity index (χ1v) is 23.4. The van der Waals surface area contributed by atoms with Crippen LogP contribution in [0, 0.1) is 0 Å². The van der Waals surface area contributed by atoms with Gasteiger partial charge in [0, 0.05) is 39.4 Å². The van der Waals surface area contributed by atoms with E-state index in [0.717, 1.165) is 50.7 Å². The van der Waals surface area contributed by atoms with Crippen molar-refractivity contribution in [2.45, 2.75) is 0 Å². The summed E-state index contributed by atoms with van der Waals surface area (Å²) in [6.45, 7) is 0. The monoisotopic (exact) mass is 822 g/mol. The van der Waals surface area contributed by atoms with Crippen molar-refractivity contribution >= 4 is 89.6 Å². The van der Waals surface area contributed by atoms with Gasteiger partial charge in [-0.25, -0.2) is 4.98 Å². The minimum absolute atomic E-state index is 0.732. The van der Waals surface area contributed by atoms with Crippen molar-refractivity contribution in [2.75, 3.05) is 0 Å². The topological polar surface area (TPSA) is 45.0 Å². The van der Waals surface area contributed by atoms with Crippen LogP contribution >= 0.6 is 0 Å². The van der Waals surface area contributed by atoms with E-state index in [1.165, 1.54) is 47.9 Å². The number of hydrogen-bond acceptors (Lipinski definition) is 2. The molecule has 0 aliphatic carbocycles. The van der Waals surface area contributed by atoms with Crippen LogP contribution in [0.25, 0.3) is 77.9 Å². The average molecular weight is 823 g/mol. The molecule has 0 aliphatic heterocycles. The van der Waals surface area contributed by atoms with Crippen molar-refractivity contribution in [1.82, 2.24) is 28.1 Å². The lowest BCUT2D eigenvalue weighted by Gasteiger charge is -2.35. The van der Waals surface area contributed by atoms with Gasteiger partial charge in [-0.3, -0.25) is 18.1 Å². The Morgan fingerprint density at radius 2 is 0.810 bits per heavy atom. The number of imidazole rings is 2. The second kappa shape index (κ2) is 13.9. The number of hydrogen-bond donors (Lipinski definition) is 0. The highest BCUT2D eigenvalue weighted by Gasteiger charge is 2.42. The summed E-state index contributed by atoms with van der Waals surface area (Å²) >= 11 is 0. The van der Waals surface area contributed by atoms with E-state index in [1.54, 1.807) is 0 Å². The third-order valence-electron chi connectivity index (χ3n) is 13.0. The van der Waals surface area contributed by atoms with E-state index in [1.807, 2.05) is 12.3 Å². The smallest absolute Gasteiger partial charge is 0.222 e. The van der Waals surface area contributed by atoms with Crippen LogP contribution in [0.4, 0.5) is 0 Å². The van der Waals surface area contributed by atoms with E-state index >= 15 is 0 Å². The predicted octanol–water partition coefficient (Wildman–Crippen LogP) is 10.2. The number of fused-ring (bicyclic) bond motifs is 10. The summed E-state index contributed by atoms with van der Waals surface area (Å²) in [5.74, 6) is 0.841. The molecule has 0 aliphatic rings. The van der Waals surface area contributed by atoms with Crippen LogP contribution in [0.1, 0.15) is 0 Å². The zero-order chi connectivity index (χ0) is 41.5. The first-order chi connectivity index (χ1) is 31.3. The third kappa shape index (κ3) is 5.11. The summed E-state index contributed by atoms with van der Waals surface area (Å²) in [7, 11) is -3.07. The maximum absolute atomic E-state index is 5.15. The van der Waals surface area contributed by atoms with E-state index in [2.05, 4.69) is 241 Å². The van der Waals surface area contributed by atoms with E-state index in [-0.39, 0.29) is 0 Å². The van der Waals surface area contributed by atoms with E-state index in [0.29, 0.717) is 0 Å². The van der Waals surface area contributed by atoms with Crippen molar-refractivity contribution in [1.29, 1.82) is 0 Å². The normalized spacial score (nSPS) is 12.1. The summed E-state index contributed by atoms with van der Waals surface area (Å²) in [5, 5.41) is 8.92. The zero-order valence-electron chi connectivity index (χ0n) is 34.1. The molecule has 0 radical (unpaired) electrons. The first kappa shape index (κ1) is 35.5. The average Bonchev–Trinajstić information content (AvgIpc) is 4.09. The minimum Gasteiger partial charge on any atom is -0.295 e. The number of aromatic nitrogens is 6. The Balaban J connectivity index is 1.12. The molecule has 13 rings (SSSR count). The molecule has 0 spiro atoms. The van der Waals surface area contributed by atoms with Gasteiger partial charge in [0.15, 0.2) is 13.7 Å². The number of rotatable bonds is 7. The minimum atomic E-state index is -3.07. The molecule has 0 amide bonds. The van der Waals surface area contributed by atoms with Crippen LogP contribution in [-0.2, 0) is 0 Å². The fourth-order valence-corrected chi connectivity index (χ4v) is 15.2. The summed E-state index contributed by atoms with van der Waals surface area (Å²) in [6, 6.07) is 82.2. The number of para-hydroxylation sites is 5. The van der Waals surface area contributed by atoms with Crippen LogP contribution in [0.2, 0.25) is 0 Å². The molecule has 296 valence electrons. The molecule has 63 heavy (non-hydrogen) atoms. The molecule has 0 fully saturated rings. The predicted molar refractivity (Wildman–Crippen MR) is 262 cm³/mol. The van der Waals surface area contributed by atoms with E-state index in [9.17, 15) is 0 Å². The summed E-state index contributed by atoms with van der Waals surface area (Å²) in [4.78, 5) is 9.82. The molecule has 0 atom stereocenters. The molecule has 0 N–H and O–H groups in total. The Hall–Kier alpha value is -8.26. The molecule has 5 aromatic heterocycles. The molecular formula is C56H38N6Si. The lowest BCUT2D eigenvalue weighted by atomic mass is 10.1. The van der Waals surface area contributed by atoms with Crippen LogP contribution < -0.4 is 20.7 Å². The van der Waals surface area contributed by atoms with Gasteiger partial charge in [0.1, 0.15) is 5.65 Å². The highest BCUT2D eigenvalue weighted by atomic mass is 28.3. The van der Waals surface area contributed by atoms with Gasteiger partial charge in [-0.15, -0.1) is 0 Å². The van der Waals surface area contributed by atoms with Crippen molar-refractivity contribution in [3.63, 3.8) is 0 Å². The molecule has 0 saturated heterocycles. The molecule has 7 heteroatoms. The van der Waals surface area contributed by atoms with E-state index < -0.39 is 8.07 Å². The second-order valence-corrected chi connectivity index (χ2v) is 20.0. The van der Waals surface area contributed by atoms with Crippen molar-refractivity contribution < 1.29 is 0 Å². The summed E-state index contributed by atoms with van der Waals surface area (Å²) in [5.41, 5.74) is 10.7.